The zero-order valence-corrected chi connectivity index (χ0v) is 9.93. The number of nitrogens with two attached hydrogens (primary N) is 1. The van der Waals surface area contributed by atoms with Crippen LogP contribution in [0.5, 0.6) is 0 Å². The first-order valence-electron chi connectivity index (χ1n) is 6.32. The Morgan fingerprint density at radius 2 is 2.19 bits per heavy atom. The highest BCUT2D eigenvalue weighted by Crippen LogP contribution is 2.31. The molecule has 1 saturated carbocycles. The van der Waals surface area contributed by atoms with E-state index in [0.29, 0.717) is 5.92 Å². The highest BCUT2D eigenvalue weighted by Gasteiger charge is 2.40. The van der Waals surface area contributed by atoms with Crippen molar-refractivity contribution >= 4 is 5.91 Å². The largest absolute Gasteiger partial charge is 0.394 e. The number of hydrogen-bond acceptors (Lipinski definition) is 3. The summed E-state index contributed by atoms with van der Waals surface area (Å²) in [6, 6.07) is 0.0445. The fourth-order valence-electron chi connectivity index (χ4n) is 3.07. The Balaban J connectivity index is 2.04. The Morgan fingerprint density at radius 1 is 1.44 bits per heavy atom. The maximum atomic E-state index is 12.3. The quantitative estimate of drug-likeness (QED) is 0.713. The molecule has 1 heterocycles. The molecule has 4 atom stereocenters. The molecule has 0 aromatic heterocycles. The average Bonchev–Trinajstić information content (AvgIpc) is 2.83. The lowest BCUT2D eigenvalue weighted by Crippen LogP contribution is -2.46. The van der Waals surface area contributed by atoms with Gasteiger partial charge in [0.05, 0.1) is 18.6 Å². The van der Waals surface area contributed by atoms with E-state index in [1.165, 1.54) is 0 Å². The van der Waals surface area contributed by atoms with E-state index < -0.39 is 0 Å². The first-order chi connectivity index (χ1) is 7.65. The Hall–Kier alpha value is -0.610. The molecule has 4 heteroatoms. The lowest BCUT2D eigenvalue weighted by molar-refractivity contribution is -0.137. The number of amides is 1. The molecule has 2 fully saturated rings. The standard InChI is InChI=1S/C12H22N2O2/c1-8-5-6-14(11(8)7-15)12(16)9-3-2-4-10(9)13/h8-11,15H,2-7,13H2,1H3. The molecule has 2 rings (SSSR count). The minimum Gasteiger partial charge on any atom is -0.394 e. The molecule has 1 amide bonds. The van der Waals surface area contributed by atoms with Crippen LogP contribution in [0.15, 0.2) is 0 Å². The minimum atomic E-state index is -0.000602. The second-order valence-electron chi connectivity index (χ2n) is 5.25. The zero-order valence-electron chi connectivity index (χ0n) is 9.93. The van der Waals surface area contributed by atoms with E-state index in [1.807, 2.05) is 4.90 Å². The average molecular weight is 226 g/mol. The topological polar surface area (TPSA) is 66.6 Å². The fourth-order valence-corrected chi connectivity index (χ4v) is 3.07. The molecule has 0 radical (unpaired) electrons. The van der Waals surface area contributed by atoms with E-state index in [9.17, 15) is 9.90 Å². The van der Waals surface area contributed by atoms with Crippen molar-refractivity contribution in [3.05, 3.63) is 0 Å². The van der Waals surface area contributed by atoms with Crippen molar-refractivity contribution in [2.45, 2.75) is 44.7 Å². The van der Waals surface area contributed by atoms with E-state index in [2.05, 4.69) is 6.92 Å². The number of likely N-dealkylation sites (tertiary alicyclic amines) is 1. The van der Waals surface area contributed by atoms with Crippen LogP contribution in [0.4, 0.5) is 0 Å². The molecule has 16 heavy (non-hydrogen) atoms. The number of aliphatic hydroxyl groups is 1. The molecular weight excluding hydrogens is 204 g/mol. The van der Waals surface area contributed by atoms with Crippen LogP contribution in [0.1, 0.15) is 32.6 Å². The second-order valence-corrected chi connectivity index (χ2v) is 5.25. The molecule has 0 aromatic carbocycles. The summed E-state index contributed by atoms with van der Waals surface area (Å²) in [6.45, 7) is 2.96. The van der Waals surface area contributed by atoms with Gasteiger partial charge in [0.25, 0.3) is 0 Å². The van der Waals surface area contributed by atoms with Gasteiger partial charge in [-0.15, -0.1) is 0 Å². The summed E-state index contributed by atoms with van der Waals surface area (Å²) in [5, 5.41) is 9.34. The fraction of sp³-hybridized carbons (Fsp3) is 0.917. The van der Waals surface area contributed by atoms with Gasteiger partial charge in [-0.3, -0.25) is 4.79 Å². The maximum Gasteiger partial charge on any atom is 0.227 e. The normalized spacial score (nSPS) is 39.3. The monoisotopic (exact) mass is 226 g/mol. The van der Waals surface area contributed by atoms with Crippen molar-refractivity contribution < 1.29 is 9.90 Å². The van der Waals surface area contributed by atoms with Crippen molar-refractivity contribution in [1.82, 2.24) is 4.90 Å². The van der Waals surface area contributed by atoms with Gasteiger partial charge in [-0.2, -0.15) is 0 Å². The van der Waals surface area contributed by atoms with Crippen molar-refractivity contribution in [3.63, 3.8) is 0 Å². The second kappa shape index (κ2) is 4.72. The first-order valence-corrected chi connectivity index (χ1v) is 6.32. The maximum absolute atomic E-state index is 12.3. The third-order valence-corrected chi connectivity index (χ3v) is 4.24. The lowest BCUT2D eigenvalue weighted by atomic mass is 10.0. The highest BCUT2D eigenvalue weighted by molar-refractivity contribution is 5.80. The summed E-state index contributed by atoms with van der Waals surface area (Å²) in [5.74, 6) is 0.583. The SMILES string of the molecule is CC1CCN(C(=O)C2CCCC2N)C1CO. The smallest absolute Gasteiger partial charge is 0.227 e. The summed E-state index contributed by atoms with van der Waals surface area (Å²) in [6.07, 6.45) is 3.94. The molecule has 4 nitrogen and oxygen atoms in total. The van der Waals surface area contributed by atoms with Crippen LogP contribution in [-0.4, -0.2) is 41.1 Å². The van der Waals surface area contributed by atoms with E-state index in [0.717, 1.165) is 32.2 Å². The van der Waals surface area contributed by atoms with Gasteiger partial charge < -0.3 is 15.7 Å². The molecule has 0 spiro atoms. The third kappa shape index (κ3) is 1.96. The van der Waals surface area contributed by atoms with Crippen LogP contribution < -0.4 is 5.73 Å². The number of hydrogen-bond donors (Lipinski definition) is 2. The Kier molecular flexibility index (Phi) is 3.50. The van der Waals surface area contributed by atoms with Crippen LogP contribution in [-0.2, 0) is 4.79 Å². The number of nitrogens with zero attached hydrogens (tertiary/aromatic N) is 1. The molecule has 0 aromatic rings. The van der Waals surface area contributed by atoms with Crippen LogP contribution >= 0.6 is 0 Å². The molecular formula is C12H22N2O2. The summed E-state index contributed by atoms with van der Waals surface area (Å²) < 4.78 is 0. The predicted octanol–water partition coefficient (Wildman–Crippen LogP) is 0.343. The molecule has 1 aliphatic carbocycles. The van der Waals surface area contributed by atoms with Gasteiger partial charge in [0.15, 0.2) is 0 Å². The molecule has 0 bridgehead atoms. The van der Waals surface area contributed by atoms with Crippen molar-refractivity contribution in [2.75, 3.05) is 13.2 Å². The molecule has 92 valence electrons. The van der Waals surface area contributed by atoms with E-state index >= 15 is 0 Å². The van der Waals surface area contributed by atoms with E-state index in [4.69, 9.17) is 5.73 Å². The van der Waals surface area contributed by atoms with Crippen LogP contribution in [0, 0.1) is 11.8 Å². The van der Waals surface area contributed by atoms with Gasteiger partial charge in [-0.25, -0.2) is 0 Å². The number of carbonyl (C=O) groups excluding carboxylic acids is 1. The Bertz CT molecular complexity index is 270. The van der Waals surface area contributed by atoms with Crippen molar-refractivity contribution in [3.8, 4) is 0 Å². The Labute approximate surface area is 96.8 Å². The van der Waals surface area contributed by atoms with Gasteiger partial charge in [-0.05, 0) is 25.2 Å². The van der Waals surface area contributed by atoms with E-state index in [1.54, 1.807) is 0 Å². The molecule has 1 aliphatic heterocycles. The van der Waals surface area contributed by atoms with Gasteiger partial charge in [-0.1, -0.05) is 13.3 Å². The third-order valence-electron chi connectivity index (χ3n) is 4.24. The molecule has 3 N–H and O–H groups in total. The first kappa shape index (κ1) is 11.9. The van der Waals surface area contributed by atoms with Gasteiger partial charge in [0, 0.05) is 12.6 Å². The highest BCUT2D eigenvalue weighted by atomic mass is 16.3. The summed E-state index contributed by atoms with van der Waals surface area (Å²) in [4.78, 5) is 14.2. The summed E-state index contributed by atoms with van der Waals surface area (Å²) in [5.41, 5.74) is 5.96. The van der Waals surface area contributed by atoms with Crippen LogP contribution in [0.25, 0.3) is 0 Å². The Morgan fingerprint density at radius 3 is 2.75 bits per heavy atom. The predicted molar refractivity (Wildman–Crippen MR) is 61.7 cm³/mol. The van der Waals surface area contributed by atoms with Gasteiger partial charge in [0.2, 0.25) is 5.91 Å². The van der Waals surface area contributed by atoms with Crippen LogP contribution in [0.3, 0.4) is 0 Å². The number of carbonyl (C=O) groups is 1. The lowest BCUT2D eigenvalue weighted by Gasteiger charge is -2.29. The minimum absolute atomic E-state index is 0.000602. The molecule has 4 unspecified atom stereocenters. The van der Waals surface area contributed by atoms with Gasteiger partial charge >= 0.3 is 0 Å². The zero-order chi connectivity index (χ0) is 11.7. The van der Waals surface area contributed by atoms with Crippen molar-refractivity contribution in [2.24, 2.45) is 17.6 Å². The van der Waals surface area contributed by atoms with Crippen molar-refractivity contribution in [1.29, 1.82) is 0 Å². The van der Waals surface area contributed by atoms with E-state index in [-0.39, 0.29) is 30.5 Å². The summed E-state index contributed by atoms with van der Waals surface area (Å²) >= 11 is 0. The summed E-state index contributed by atoms with van der Waals surface area (Å²) in [7, 11) is 0. The molecule has 2 aliphatic rings. The number of rotatable bonds is 2. The van der Waals surface area contributed by atoms with Gasteiger partial charge in [0.1, 0.15) is 0 Å². The molecule has 1 saturated heterocycles. The van der Waals surface area contributed by atoms with Crippen LogP contribution in [0.2, 0.25) is 0 Å². The number of aliphatic hydroxyl groups excluding tert-OH is 1.